The number of amides is 2. The van der Waals surface area contributed by atoms with Crippen molar-refractivity contribution in [1.82, 2.24) is 15.5 Å². The van der Waals surface area contributed by atoms with E-state index >= 15 is 0 Å². The Morgan fingerprint density at radius 2 is 1.79 bits per heavy atom. The molecule has 29 heavy (non-hydrogen) atoms. The number of morpholine rings is 1. The van der Waals surface area contributed by atoms with Gasteiger partial charge in [-0.15, -0.1) is 0 Å². The third kappa shape index (κ3) is 6.30. The van der Waals surface area contributed by atoms with E-state index in [4.69, 9.17) is 9.47 Å². The van der Waals surface area contributed by atoms with Gasteiger partial charge in [0.05, 0.1) is 19.8 Å². The first kappa shape index (κ1) is 20.8. The van der Waals surface area contributed by atoms with Crippen LogP contribution >= 0.6 is 0 Å². The highest BCUT2D eigenvalue weighted by Crippen LogP contribution is 2.21. The second-order valence-corrected chi connectivity index (χ2v) is 6.86. The molecule has 2 N–H and O–H groups in total. The summed E-state index contributed by atoms with van der Waals surface area (Å²) in [4.78, 5) is 26.2. The molecule has 0 aromatic heterocycles. The molecule has 0 saturated carbocycles. The lowest BCUT2D eigenvalue weighted by molar-refractivity contribution is -0.139. The fraction of sp³-hybridized carbons (Fsp3) is 0.364. The third-order valence-corrected chi connectivity index (χ3v) is 4.85. The van der Waals surface area contributed by atoms with Gasteiger partial charge >= 0.3 is 11.8 Å². The van der Waals surface area contributed by atoms with E-state index in [0.717, 1.165) is 30.0 Å². The number of methoxy groups -OCH3 is 1. The van der Waals surface area contributed by atoms with Crippen molar-refractivity contribution in [2.75, 3.05) is 39.9 Å². The van der Waals surface area contributed by atoms with Crippen molar-refractivity contribution in [2.45, 2.75) is 12.6 Å². The van der Waals surface area contributed by atoms with Crippen LogP contribution in [0.2, 0.25) is 0 Å². The average Bonchev–Trinajstić information content (AvgIpc) is 2.78. The van der Waals surface area contributed by atoms with E-state index in [-0.39, 0.29) is 6.10 Å². The maximum absolute atomic E-state index is 12.0. The molecule has 1 aliphatic heterocycles. The van der Waals surface area contributed by atoms with Gasteiger partial charge in [-0.25, -0.2) is 0 Å². The molecule has 7 heteroatoms. The summed E-state index contributed by atoms with van der Waals surface area (Å²) in [7, 11) is 1.60. The van der Waals surface area contributed by atoms with Crippen LogP contribution in [0, 0.1) is 0 Å². The molecule has 0 aliphatic carbocycles. The number of benzene rings is 2. The Hall–Kier alpha value is -2.90. The molecule has 1 unspecified atom stereocenters. The fourth-order valence-electron chi connectivity index (χ4n) is 3.19. The third-order valence-electron chi connectivity index (χ3n) is 4.85. The molecule has 2 amide bonds. The molecule has 2 aromatic carbocycles. The molecule has 1 atom stereocenters. The number of rotatable bonds is 7. The molecule has 0 bridgehead atoms. The minimum atomic E-state index is -0.634. The first-order valence-electron chi connectivity index (χ1n) is 9.73. The molecule has 0 spiro atoms. The Balaban J connectivity index is 1.36. The Morgan fingerprint density at radius 1 is 1.07 bits per heavy atom. The molecule has 7 nitrogen and oxygen atoms in total. The van der Waals surface area contributed by atoms with Crippen LogP contribution in [0.1, 0.15) is 17.2 Å². The highest BCUT2D eigenvalue weighted by atomic mass is 16.5. The smallest absolute Gasteiger partial charge is 0.309 e. The van der Waals surface area contributed by atoms with Gasteiger partial charge in [0, 0.05) is 32.7 Å². The zero-order chi connectivity index (χ0) is 20.5. The zero-order valence-electron chi connectivity index (χ0n) is 16.6. The molecule has 2 aromatic rings. The second-order valence-electron chi connectivity index (χ2n) is 6.86. The summed E-state index contributed by atoms with van der Waals surface area (Å²) in [5, 5.41) is 5.31. The lowest BCUT2D eigenvalue weighted by Gasteiger charge is -2.33. The monoisotopic (exact) mass is 397 g/mol. The highest BCUT2D eigenvalue weighted by molar-refractivity contribution is 6.35. The van der Waals surface area contributed by atoms with E-state index in [0.29, 0.717) is 26.2 Å². The molecule has 1 saturated heterocycles. The van der Waals surface area contributed by atoms with E-state index in [9.17, 15) is 9.59 Å². The van der Waals surface area contributed by atoms with E-state index < -0.39 is 11.8 Å². The minimum absolute atomic E-state index is 0.0356. The van der Waals surface area contributed by atoms with Gasteiger partial charge in [-0.2, -0.15) is 0 Å². The average molecular weight is 397 g/mol. The lowest BCUT2D eigenvalue weighted by atomic mass is 10.1. The van der Waals surface area contributed by atoms with Crippen LogP contribution in [0.3, 0.4) is 0 Å². The van der Waals surface area contributed by atoms with E-state index in [1.165, 1.54) is 0 Å². The van der Waals surface area contributed by atoms with Crippen molar-refractivity contribution in [3.63, 3.8) is 0 Å². The summed E-state index contributed by atoms with van der Waals surface area (Å²) >= 11 is 0. The maximum atomic E-state index is 12.0. The number of carbonyl (C=O) groups excluding carboxylic acids is 2. The zero-order valence-corrected chi connectivity index (χ0v) is 16.6. The number of ether oxygens (including phenoxy) is 2. The van der Waals surface area contributed by atoms with Crippen molar-refractivity contribution in [2.24, 2.45) is 0 Å². The maximum Gasteiger partial charge on any atom is 0.309 e. The summed E-state index contributed by atoms with van der Waals surface area (Å²) in [6, 6.07) is 17.4. The van der Waals surface area contributed by atoms with Crippen molar-refractivity contribution in [3.8, 4) is 5.75 Å². The Kier molecular flexibility index (Phi) is 7.61. The molecule has 154 valence electrons. The normalized spacial score (nSPS) is 16.8. The Labute approximate surface area is 171 Å². The molecular weight excluding hydrogens is 370 g/mol. The largest absolute Gasteiger partial charge is 0.497 e. The predicted molar refractivity (Wildman–Crippen MR) is 109 cm³/mol. The van der Waals surface area contributed by atoms with Gasteiger partial charge in [-0.1, -0.05) is 42.5 Å². The number of hydrogen-bond donors (Lipinski definition) is 2. The SMILES string of the molecule is COc1ccc(CNC(=O)C(=O)NCCN2CCOC(c3ccccc3)C2)cc1. The minimum Gasteiger partial charge on any atom is -0.497 e. The van der Waals surface area contributed by atoms with Crippen molar-refractivity contribution < 1.29 is 19.1 Å². The number of nitrogens with zero attached hydrogens (tertiary/aromatic N) is 1. The molecule has 1 fully saturated rings. The van der Waals surface area contributed by atoms with Crippen LogP contribution in [0.15, 0.2) is 54.6 Å². The summed E-state index contributed by atoms with van der Waals surface area (Å²) in [5.74, 6) is -0.508. The van der Waals surface area contributed by atoms with Crippen molar-refractivity contribution in [1.29, 1.82) is 0 Å². The van der Waals surface area contributed by atoms with Crippen molar-refractivity contribution >= 4 is 11.8 Å². The summed E-state index contributed by atoms with van der Waals surface area (Å²) in [5.41, 5.74) is 2.05. The van der Waals surface area contributed by atoms with Crippen LogP contribution in [-0.4, -0.2) is 56.6 Å². The van der Waals surface area contributed by atoms with Crippen LogP contribution < -0.4 is 15.4 Å². The molecular formula is C22H27N3O4. The standard InChI is InChI=1S/C22H27N3O4/c1-28-19-9-7-17(8-10-19)15-24-22(27)21(26)23-11-12-25-13-14-29-20(16-25)18-5-3-2-4-6-18/h2-10,20H,11-16H2,1H3,(H,23,26)(H,24,27). The van der Waals surface area contributed by atoms with Crippen LogP contribution in [0.4, 0.5) is 0 Å². The predicted octanol–water partition coefficient (Wildman–Crippen LogP) is 1.50. The Morgan fingerprint density at radius 3 is 2.52 bits per heavy atom. The quantitative estimate of drug-likeness (QED) is 0.693. The van der Waals surface area contributed by atoms with E-state index in [1.54, 1.807) is 7.11 Å². The van der Waals surface area contributed by atoms with Gasteiger partial charge in [-0.05, 0) is 23.3 Å². The van der Waals surface area contributed by atoms with Gasteiger partial charge < -0.3 is 20.1 Å². The fourth-order valence-corrected chi connectivity index (χ4v) is 3.19. The van der Waals surface area contributed by atoms with Crippen LogP contribution in [0.5, 0.6) is 5.75 Å². The molecule has 1 heterocycles. The topological polar surface area (TPSA) is 79.9 Å². The van der Waals surface area contributed by atoms with Gasteiger partial charge in [0.1, 0.15) is 5.75 Å². The molecule has 3 rings (SSSR count). The van der Waals surface area contributed by atoms with E-state index in [1.807, 2.05) is 42.5 Å². The van der Waals surface area contributed by atoms with Gasteiger partial charge in [-0.3, -0.25) is 14.5 Å². The first-order valence-corrected chi connectivity index (χ1v) is 9.73. The molecule has 0 radical (unpaired) electrons. The van der Waals surface area contributed by atoms with E-state index in [2.05, 4.69) is 27.7 Å². The van der Waals surface area contributed by atoms with Gasteiger partial charge in [0.15, 0.2) is 0 Å². The van der Waals surface area contributed by atoms with Gasteiger partial charge in [0.2, 0.25) is 0 Å². The highest BCUT2D eigenvalue weighted by Gasteiger charge is 2.22. The van der Waals surface area contributed by atoms with Crippen molar-refractivity contribution in [3.05, 3.63) is 65.7 Å². The Bertz CT molecular complexity index is 795. The second kappa shape index (κ2) is 10.6. The number of carbonyl (C=O) groups is 2. The molecule has 1 aliphatic rings. The summed E-state index contributed by atoms with van der Waals surface area (Å²) in [6.45, 7) is 3.60. The first-order chi connectivity index (χ1) is 14.2. The van der Waals surface area contributed by atoms with Gasteiger partial charge in [0.25, 0.3) is 0 Å². The van der Waals surface area contributed by atoms with Crippen LogP contribution in [-0.2, 0) is 20.9 Å². The summed E-state index contributed by atoms with van der Waals surface area (Å²) < 4.78 is 10.9. The lowest BCUT2D eigenvalue weighted by Crippen LogP contribution is -2.45. The number of hydrogen-bond acceptors (Lipinski definition) is 5. The van der Waals surface area contributed by atoms with Crippen LogP contribution in [0.25, 0.3) is 0 Å². The summed E-state index contributed by atoms with van der Waals surface area (Å²) in [6.07, 6.45) is 0.0356. The number of nitrogens with one attached hydrogen (secondary N) is 2.